The minimum atomic E-state index is -4.21. The van der Waals surface area contributed by atoms with Crippen molar-refractivity contribution in [3.05, 3.63) is 55.2 Å². The zero-order chi connectivity index (χ0) is 23.6. The second-order valence-electron chi connectivity index (χ2n) is 6.62. The van der Waals surface area contributed by atoms with E-state index in [1.165, 1.54) is 31.8 Å². The van der Waals surface area contributed by atoms with Crippen LogP contribution in [0, 0.1) is 0 Å². The molecule has 14 heteroatoms. The van der Waals surface area contributed by atoms with Gasteiger partial charge in [0.05, 0.1) is 19.0 Å². The first-order chi connectivity index (χ1) is 15.7. The standard InChI is InChI=1S/C19H16N6O6S2/c1-30-19-17(21-10-15(23-19)32(2,26)27)25-33(28,29)14-4-3-9-20-16(14)12-5-7-13(8-6-12)18-24-22-11-31-18/h3-11H,1-2H3,(H,21,25). The van der Waals surface area contributed by atoms with Gasteiger partial charge in [-0.2, -0.15) is 4.98 Å². The Kier molecular flexibility index (Phi) is 5.78. The number of rotatable bonds is 7. The molecule has 0 amide bonds. The van der Waals surface area contributed by atoms with Crippen molar-refractivity contribution in [2.75, 3.05) is 18.1 Å². The first-order valence-electron chi connectivity index (χ1n) is 9.15. The van der Waals surface area contributed by atoms with Crippen LogP contribution in [0.2, 0.25) is 0 Å². The van der Waals surface area contributed by atoms with Gasteiger partial charge in [0.1, 0.15) is 4.90 Å². The third-order valence-corrected chi connectivity index (χ3v) is 6.68. The molecular weight excluding hydrogens is 472 g/mol. The van der Waals surface area contributed by atoms with Crippen LogP contribution in [0.25, 0.3) is 22.7 Å². The molecule has 33 heavy (non-hydrogen) atoms. The number of hydrogen-bond acceptors (Lipinski definition) is 11. The van der Waals surface area contributed by atoms with E-state index in [1.54, 1.807) is 24.3 Å². The van der Waals surface area contributed by atoms with Gasteiger partial charge < -0.3 is 9.15 Å². The van der Waals surface area contributed by atoms with E-state index in [0.717, 1.165) is 12.5 Å². The van der Waals surface area contributed by atoms with Gasteiger partial charge in [-0.15, -0.1) is 10.2 Å². The molecule has 0 saturated heterocycles. The summed E-state index contributed by atoms with van der Waals surface area (Å²) < 4.78 is 62.2. The van der Waals surface area contributed by atoms with Gasteiger partial charge in [0.25, 0.3) is 15.9 Å². The fourth-order valence-corrected chi connectivity index (χ4v) is 4.50. The van der Waals surface area contributed by atoms with E-state index in [4.69, 9.17) is 9.15 Å². The summed E-state index contributed by atoms with van der Waals surface area (Å²) in [6, 6.07) is 9.58. The van der Waals surface area contributed by atoms with E-state index in [-0.39, 0.29) is 27.3 Å². The predicted octanol–water partition coefficient (Wildman–Crippen LogP) is 1.80. The second kappa shape index (κ2) is 8.55. The number of sulfone groups is 1. The number of benzene rings is 1. The molecule has 0 saturated carbocycles. The SMILES string of the molecule is COc1nc(S(C)(=O)=O)cnc1NS(=O)(=O)c1cccnc1-c1ccc(-c2nnco2)cc1. The van der Waals surface area contributed by atoms with Gasteiger partial charge >= 0.3 is 0 Å². The molecule has 1 N–H and O–H groups in total. The van der Waals surface area contributed by atoms with E-state index in [1.807, 2.05) is 0 Å². The highest BCUT2D eigenvalue weighted by atomic mass is 32.2. The molecule has 4 aromatic rings. The van der Waals surface area contributed by atoms with Gasteiger partial charge in [-0.05, 0) is 24.3 Å². The van der Waals surface area contributed by atoms with Crippen molar-refractivity contribution in [1.29, 1.82) is 0 Å². The number of ether oxygens (including phenoxy) is 1. The summed E-state index contributed by atoms with van der Waals surface area (Å²) in [7, 11) is -6.66. The van der Waals surface area contributed by atoms with E-state index in [2.05, 4.69) is 29.9 Å². The first-order valence-corrected chi connectivity index (χ1v) is 12.5. The van der Waals surface area contributed by atoms with Crippen molar-refractivity contribution < 1.29 is 26.0 Å². The highest BCUT2D eigenvalue weighted by Crippen LogP contribution is 2.30. The molecule has 3 aromatic heterocycles. The van der Waals surface area contributed by atoms with Gasteiger partial charge in [-0.3, -0.25) is 9.71 Å². The van der Waals surface area contributed by atoms with Crippen molar-refractivity contribution >= 4 is 25.7 Å². The monoisotopic (exact) mass is 488 g/mol. The Hall–Kier alpha value is -3.91. The number of sulfonamides is 1. The van der Waals surface area contributed by atoms with Gasteiger partial charge in [0.2, 0.25) is 18.1 Å². The lowest BCUT2D eigenvalue weighted by atomic mass is 10.1. The normalized spacial score (nSPS) is 11.8. The summed E-state index contributed by atoms with van der Waals surface area (Å²) in [5.41, 5.74) is 1.35. The summed E-state index contributed by atoms with van der Waals surface area (Å²) in [6.07, 6.45) is 4.56. The lowest BCUT2D eigenvalue weighted by Gasteiger charge is -2.13. The molecule has 12 nitrogen and oxygen atoms in total. The molecule has 0 spiro atoms. The molecule has 0 atom stereocenters. The molecule has 0 aliphatic carbocycles. The van der Waals surface area contributed by atoms with Crippen molar-refractivity contribution in [1.82, 2.24) is 25.1 Å². The van der Waals surface area contributed by atoms with Gasteiger partial charge in [0.15, 0.2) is 14.9 Å². The number of methoxy groups -OCH3 is 1. The van der Waals surface area contributed by atoms with Crippen LogP contribution >= 0.6 is 0 Å². The van der Waals surface area contributed by atoms with Crippen LogP contribution in [0.3, 0.4) is 0 Å². The van der Waals surface area contributed by atoms with E-state index >= 15 is 0 Å². The van der Waals surface area contributed by atoms with Crippen LogP contribution in [0.5, 0.6) is 5.88 Å². The molecule has 4 rings (SSSR count). The summed E-state index contributed by atoms with van der Waals surface area (Å²) in [6.45, 7) is 0. The van der Waals surface area contributed by atoms with Crippen molar-refractivity contribution in [3.8, 4) is 28.6 Å². The summed E-state index contributed by atoms with van der Waals surface area (Å²) >= 11 is 0. The average molecular weight is 489 g/mol. The fraction of sp³-hybridized carbons (Fsp3) is 0.105. The van der Waals surface area contributed by atoms with Crippen LogP contribution in [0.4, 0.5) is 5.82 Å². The van der Waals surface area contributed by atoms with E-state index in [0.29, 0.717) is 17.0 Å². The molecular formula is C19H16N6O6S2. The first kappa shape index (κ1) is 22.3. The quantitative estimate of drug-likeness (QED) is 0.403. The fourth-order valence-electron chi connectivity index (χ4n) is 2.82. The Labute approximate surface area is 188 Å². The molecule has 0 radical (unpaired) electrons. The average Bonchev–Trinajstić information content (AvgIpc) is 3.33. The Morgan fingerprint density at radius 2 is 1.73 bits per heavy atom. The Bertz CT molecular complexity index is 1500. The summed E-state index contributed by atoms with van der Waals surface area (Å²) in [4.78, 5) is 11.8. The van der Waals surface area contributed by atoms with Crippen molar-refractivity contribution in [2.45, 2.75) is 9.92 Å². The number of nitrogens with one attached hydrogen (secondary N) is 1. The van der Waals surface area contributed by atoms with Crippen LogP contribution < -0.4 is 9.46 Å². The number of nitrogens with zero attached hydrogens (tertiary/aromatic N) is 5. The highest BCUT2D eigenvalue weighted by molar-refractivity contribution is 7.93. The third-order valence-electron chi connectivity index (χ3n) is 4.35. The smallest absolute Gasteiger partial charge is 0.265 e. The predicted molar refractivity (Wildman–Crippen MR) is 115 cm³/mol. The number of aromatic nitrogens is 5. The molecule has 0 unspecified atom stereocenters. The summed E-state index contributed by atoms with van der Waals surface area (Å²) in [5, 5.41) is 7.10. The van der Waals surface area contributed by atoms with Crippen LogP contribution in [0.1, 0.15) is 0 Å². The van der Waals surface area contributed by atoms with Crippen molar-refractivity contribution in [3.63, 3.8) is 0 Å². The third kappa shape index (κ3) is 4.65. The minimum Gasteiger partial charge on any atom is -0.478 e. The largest absolute Gasteiger partial charge is 0.478 e. The minimum absolute atomic E-state index is 0.133. The molecule has 170 valence electrons. The zero-order valence-corrected chi connectivity index (χ0v) is 18.8. The topological polar surface area (TPSA) is 167 Å². The number of anilines is 1. The van der Waals surface area contributed by atoms with Crippen LogP contribution in [-0.4, -0.2) is 55.4 Å². The lowest BCUT2D eigenvalue weighted by Crippen LogP contribution is -2.17. The molecule has 1 aromatic carbocycles. The lowest BCUT2D eigenvalue weighted by molar-refractivity contribution is 0.394. The van der Waals surface area contributed by atoms with Crippen LogP contribution in [0.15, 0.2) is 69.5 Å². The second-order valence-corrected chi connectivity index (χ2v) is 10.2. The van der Waals surface area contributed by atoms with Crippen LogP contribution in [-0.2, 0) is 19.9 Å². The molecule has 3 heterocycles. The number of hydrogen-bond donors (Lipinski definition) is 1. The Morgan fingerprint density at radius 1 is 1.00 bits per heavy atom. The maximum Gasteiger partial charge on any atom is 0.265 e. The van der Waals surface area contributed by atoms with Gasteiger partial charge in [-0.25, -0.2) is 21.8 Å². The molecule has 0 fully saturated rings. The number of pyridine rings is 1. The van der Waals surface area contributed by atoms with E-state index < -0.39 is 19.9 Å². The van der Waals surface area contributed by atoms with Gasteiger partial charge in [-0.1, -0.05) is 12.1 Å². The van der Waals surface area contributed by atoms with Gasteiger partial charge in [0, 0.05) is 23.6 Å². The van der Waals surface area contributed by atoms with Crippen molar-refractivity contribution in [2.24, 2.45) is 0 Å². The molecule has 0 bridgehead atoms. The maximum atomic E-state index is 13.2. The van der Waals surface area contributed by atoms with E-state index in [9.17, 15) is 16.8 Å². The summed E-state index contributed by atoms with van der Waals surface area (Å²) in [5.74, 6) is -0.248. The Balaban J connectivity index is 1.70. The zero-order valence-electron chi connectivity index (χ0n) is 17.2. The molecule has 0 aliphatic rings. The maximum absolute atomic E-state index is 13.2. The Morgan fingerprint density at radius 3 is 2.36 bits per heavy atom. The molecule has 0 aliphatic heterocycles. The highest BCUT2D eigenvalue weighted by Gasteiger charge is 2.24.